The number of hydroxylamine groups is 1. The molecule has 3 rings (SSSR count). The summed E-state index contributed by atoms with van der Waals surface area (Å²) in [5.74, 6) is -0.702. The second kappa shape index (κ2) is 11.7. The molecule has 27 heavy (non-hydrogen) atoms. The van der Waals surface area contributed by atoms with Gasteiger partial charge in [-0.25, -0.2) is 14.7 Å². The quantitative estimate of drug-likeness (QED) is 0.271. The van der Waals surface area contributed by atoms with E-state index in [1.54, 1.807) is 18.2 Å². The first-order valence-electron chi connectivity index (χ1n) is 6.83. The molecule has 1 aromatic heterocycles. The van der Waals surface area contributed by atoms with Crippen molar-refractivity contribution < 1.29 is 18.9 Å². The molecule has 0 bridgehead atoms. The number of carbonyl (C=O) groups excluding carboxylic acids is 1. The van der Waals surface area contributed by atoms with Crippen LogP contribution in [0.2, 0.25) is 10.0 Å². The molecule has 0 spiro atoms. The van der Waals surface area contributed by atoms with Gasteiger partial charge in [0, 0.05) is 6.92 Å². The van der Waals surface area contributed by atoms with Crippen LogP contribution in [0.25, 0.3) is 15.8 Å². The highest BCUT2D eigenvalue weighted by Gasteiger charge is 2.06. The van der Waals surface area contributed by atoms with Crippen molar-refractivity contribution in [2.24, 2.45) is 0 Å². The lowest BCUT2D eigenvalue weighted by Gasteiger charge is -1.92. The van der Waals surface area contributed by atoms with Gasteiger partial charge in [0.25, 0.3) is 0 Å². The SMILES string of the molecule is CC(=O)NO.Nc1noc2c(Cl)cccc12.[C-]#[N+]c1cccc(Cl)c1F.[CH3-]. The number of hydrogen-bond donors (Lipinski definition) is 3. The Morgan fingerprint density at radius 1 is 1.30 bits per heavy atom. The van der Waals surface area contributed by atoms with Gasteiger partial charge in [0.05, 0.1) is 22.0 Å². The van der Waals surface area contributed by atoms with Gasteiger partial charge in [-0.3, -0.25) is 10.0 Å². The molecule has 0 aliphatic carbocycles. The normalized spacial score (nSPS) is 8.89. The van der Waals surface area contributed by atoms with E-state index in [-0.39, 0.29) is 18.1 Å². The number of anilines is 1. The van der Waals surface area contributed by atoms with Gasteiger partial charge in [0.1, 0.15) is 5.82 Å². The number of nitrogen functional groups attached to an aromatic ring is 1. The third-order valence-electron chi connectivity index (χ3n) is 2.69. The predicted octanol–water partition coefficient (Wildman–Crippen LogP) is 5.06. The van der Waals surface area contributed by atoms with E-state index < -0.39 is 11.7 Å². The summed E-state index contributed by atoms with van der Waals surface area (Å²) in [5.41, 5.74) is 7.38. The number of halogens is 3. The first kappa shape index (κ1) is 24.1. The molecule has 0 atom stereocenters. The molecule has 0 saturated heterocycles. The largest absolute Gasteiger partial charge is 0.380 e. The lowest BCUT2D eigenvalue weighted by atomic mass is 10.2. The van der Waals surface area contributed by atoms with Gasteiger partial charge in [-0.1, -0.05) is 46.6 Å². The van der Waals surface area contributed by atoms with Gasteiger partial charge in [-0.2, -0.15) is 0 Å². The zero-order valence-electron chi connectivity index (χ0n) is 14.3. The number of rotatable bonds is 0. The third kappa shape index (κ3) is 7.11. The Morgan fingerprint density at radius 2 is 1.85 bits per heavy atom. The Kier molecular flexibility index (Phi) is 10.5. The van der Waals surface area contributed by atoms with E-state index in [9.17, 15) is 9.18 Å². The van der Waals surface area contributed by atoms with Crippen molar-refractivity contribution in [3.63, 3.8) is 0 Å². The fraction of sp³-hybridized carbons (Fsp3) is 0.0588. The van der Waals surface area contributed by atoms with Crippen LogP contribution in [0.15, 0.2) is 40.9 Å². The van der Waals surface area contributed by atoms with E-state index in [0.717, 1.165) is 5.39 Å². The number of nitrogens with one attached hydrogen (secondary N) is 1. The first-order valence-corrected chi connectivity index (χ1v) is 7.58. The fourth-order valence-corrected chi connectivity index (χ4v) is 1.90. The number of para-hydroxylation sites is 1. The number of fused-ring (bicyclic) bond motifs is 1. The average molecular weight is 414 g/mol. The minimum absolute atomic E-state index is 0. The van der Waals surface area contributed by atoms with Crippen molar-refractivity contribution in [2.75, 3.05) is 5.73 Å². The molecule has 1 amide bonds. The molecule has 0 unspecified atom stereocenters. The van der Waals surface area contributed by atoms with Gasteiger partial charge in [-0.15, -0.1) is 0 Å². The van der Waals surface area contributed by atoms with Crippen LogP contribution in [0.4, 0.5) is 15.9 Å². The Morgan fingerprint density at radius 3 is 2.33 bits per heavy atom. The monoisotopic (exact) mass is 413 g/mol. The topological polar surface area (TPSA) is 106 Å². The van der Waals surface area contributed by atoms with Gasteiger partial charge >= 0.3 is 0 Å². The molecule has 0 radical (unpaired) electrons. The van der Waals surface area contributed by atoms with Crippen molar-refractivity contribution in [1.29, 1.82) is 0 Å². The lowest BCUT2D eigenvalue weighted by Crippen LogP contribution is -2.12. The van der Waals surface area contributed by atoms with Gasteiger partial charge < -0.3 is 17.7 Å². The molecule has 4 N–H and O–H groups in total. The molecule has 10 heteroatoms. The highest BCUT2D eigenvalue weighted by molar-refractivity contribution is 6.35. The van der Waals surface area contributed by atoms with E-state index >= 15 is 0 Å². The highest BCUT2D eigenvalue weighted by atomic mass is 35.5. The summed E-state index contributed by atoms with van der Waals surface area (Å²) in [6.45, 7) is 7.73. The zero-order chi connectivity index (χ0) is 19.7. The van der Waals surface area contributed by atoms with Gasteiger partial charge in [-0.05, 0) is 18.2 Å². The fourth-order valence-electron chi connectivity index (χ4n) is 1.53. The van der Waals surface area contributed by atoms with E-state index in [0.29, 0.717) is 16.4 Å². The van der Waals surface area contributed by atoms with Crippen LogP contribution in [0, 0.1) is 19.8 Å². The van der Waals surface area contributed by atoms with Crippen LogP contribution in [0.1, 0.15) is 6.92 Å². The number of nitrogens with two attached hydrogens (primary N) is 1. The number of hydrogen-bond acceptors (Lipinski definition) is 5. The Balaban J connectivity index is 0.000000395. The second-order valence-electron chi connectivity index (χ2n) is 4.54. The van der Waals surface area contributed by atoms with Crippen molar-refractivity contribution >= 4 is 51.6 Å². The van der Waals surface area contributed by atoms with Crippen molar-refractivity contribution in [3.8, 4) is 0 Å². The van der Waals surface area contributed by atoms with Crippen LogP contribution in [-0.4, -0.2) is 16.3 Å². The van der Waals surface area contributed by atoms with Crippen molar-refractivity contribution in [1.82, 2.24) is 10.6 Å². The molecule has 0 fully saturated rings. The molecule has 0 saturated carbocycles. The van der Waals surface area contributed by atoms with Gasteiger partial charge in [0.15, 0.2) is 11.4 Å². The van der Waals surface area contributed by atoms with E-state index in [2.05, 4.69) is 10.0 Å². The van der Waals surface area contributed by atoms with Crippen LogP contribution < -0.4 is 11.2 Å². The molecule has 7 nitrogen and oxygen atoms in total. The standard InChI is InChI=1S/C7H3ClFN.C7H5ClN2O.C2H5NO2.CH3/c1-10-6-4-2-3-5(8)7(6)9;8-5-3-1-2-4-6(5)11-10-7(4)9;1-2(4)3-5;/h2-4H;1-3H,(H2,9,10);5H,1H3,(H,3,4);1H3/q;;;-1. The summed E-state index contributed by atoms with van der Waals surface area (Å²) in [4.78, 5) is 12.4. The van der Waals surface area contributed by atoms with Crippen molar-refractivity contribution in [3.05, 3.63) is 71.1 Å². The summed E-state index contributed by atoms with van der Waals surface area (Å²) in [5, 5.41) is 12.4. The number of benzene rings is 2. The molecule has 0 aliphatic heterocycles. The van der Waals surface area contributed by atoms with Crippen molar-refractivity contribution in [2.45, 2.75) is 6.92 Å². The minimum atomic E-state index is -0.640. The van der Waals surface area contributed by atoms with Crippen LogP contribution in [-0.2, 0) is 4.79 Å². The second-order valence-corrected chi connectivity index (χ2v) is 5.35. The third-order valence-corrected chi connectivity index (χ3v) is 3.28. The van der Waals surface area contributed by atoms with Crippen LogP contribution in [0.3, 0.4) is 0 Å². The summed E-state index contributed by atoms with van der Waals surface area (Å²) < 4.78 is 17.5. The predicted molar refractivity (Wildman–Crippen MR) is 103 cm³/mol. The maximum absolute atomic E-state index is 12.7. The molecule has 144 valence electrons. The molecule has 0 aliphatic rings. The maximum atomic E-state index is 12.7. The Labute approximate surface area is 165 Å². The number of amides is 1. The van der Waals surface area contributed by atoms with E-state index in [1.807, 2.05) is 6.07 Å². The first-order chi connectivity index (χ1) is 12.3. The smallest absolute Gasteiger partial charge is 0.240 e. The minimum Gasteiger partial charge on any atom is -0.380 e. The zero-order valence-corrected chi connectivity index (χ0v) is 15.8. The lowest BCUT2D eigenvalue weighted by molar-refractivity contribution is -0.126. The number of nitrogens with zero attached hydrogens (tertiary/aromatic N) is 2. The summed E-state index contributed by atoms with van der Waals surface area (Å²) in [7, 11) is 0. The number of carbonyl (C=O) groups is 1. The molecule has 1 heterocycles. The van der Waals surface area contributed by atoms with E-state index in [1.165, 1.54) is 24.5 Å². The average Bonchev–Trinajstić information content (AvgIpc) is 3.01. The summed E-state index contributed by atoms with van der Waals surface area (Å²) in [6.07, 6.45) is 0. The van der Waals surface area contributed by atoms with E-state index in [4.69, 9.17) is 45.2 Å². The molecular formula is C17H16Cl2FN4O3-. The summed E-state index contributed by atoms with van der Waals surface area (Å²) >= 11 is 11.2. The summed E-state index contributed by atoms with van der Waals surface area (Å²) in [6, 6.07) is 9.68. The van der Waals surface area contributed by atoms with Crippen LogP contribution >= 0.6 is 23.2 Å². The molecule has 2 aromatic carbocycles. The Bertz CT molecular complexity index is 942. The maximum Gasteiger partial charge on any atom is 0.240 e. The van der Waals surface area contributed by atoms with Gasteiger partial charge in [0.2, 0.25) is 11.6 Å². The van der Waals surface area contributed by atoms with Crippen LogP contribution in [0.5, 0.6) is 0 Å². The Hall–Kier alpha value is -2.86. The highest BCUT2D eigenvalue weighted by Crippen LogP contribution is 2.26. The number of aromatic nitrogens is 1. The molecule has 3 aromatic rings. The molecular weight excluding hydrogens is 398 g/mol.